The van der Waals surface area contributed by atoms with Crippen LogP contribution in [0.3, 0.4) is 0 Å². The highest BCUT2D eigenvalue weighted by Gasteiger charge is 2.16. The van der Waals surface area contributed by atoms with E-state index in [0.29, 0.717) is 23.2 Å². The van der Waals surface area contributed by atoms with Crippen LogP contribution in [0.5, 0.6) is 0 Å². The van der Waals surface area contributed by atoms with Gasteiger partial charge in [0.1, 0.15) is 0 Å². The van der Waals surface area contributed by atoms with Crippen molar-refractivity contribution in [1.29, 1.82) is 0 Å². The maximum absolute atomic E-state index is 12.2. The van der Waals surface area contributed by atoms with Crippen LogP contribution in [0.25, 0.3) is 0 Å². The van der Waals surface area contributed by atoms with Crippen molar-refractivity contribution in [2.24, 2.45) is 0 Å². The van der Waals surface area contributed by atoms with Gasteiger partial charge in [-0.1, -0.05) is 29.3 Å². The molecule has 1 rings (SSSR count). The number of urea groups is 1. The van der Waals surface area contributed by atoms with Gasteiger partial charge in [0, 0.05) is 20.2 Å². The fourth-order valence-electron chi connectivity index (χ4n) is 1.83. The van der Waals surface area contributed by atoms with E-state index in [2.05, 4.69) is 5.32 Å². The second kappa shape index (κ2) is 9.10. The zero-order chi connectivity index (χ0) is 15.8. The fourth-order valence-corrected chi connectivity index (χ4v) is 2.15. The summed E-state index contributed by atoms with van der Waals surface area (Å²) in [7, 11) is 1.57. The zero-order valence-electron chi connectivity index (χ0n) is 12.1. The first-order valence-corrected chi connectivity index (χ1v) is 7.32. The molecule has 1 aromatic rings. The van der Waals surface area contributed by atoms with Crippen molar-refractivity contribution in [2.75, 3.05) is 26.9 Å². The number of methoxy groups -OCH3 is 1. The maximum Gasteiger partial charge on any atom is 0.318 e. The van der Waals surface area contributed by atoms with Crippen LogP contribution < -0.4 is 5.32 Å². The van der Waals surface area contributed by atoms with Crippen LogP contribution in [0.15, 0.2) is 18.2 Å². The number of hydrogen-bond acceptors (Lipinski definition) is 3. The van der Waals surface area contributed by atoms with Crippen LogP contribution in [0.4, 0.5) is 4.79 Å². The Morgan fingerprint density at radius 3 is 2.71 bits per heavy atom. The van der Waals surface area contributed by atoms with Crippen LogP contribution in [-0.4, -0.2) is 48.9 Å². The standard InChI is InChI=1S/C14H20Cl2N2O3/c1-10(9-21-2)17-14(20)18(5-6-19)8-11-3-4-12(15)13(16)7-11/h3-4,7,10,19H,5-6,8-9H2,1-2H3,(H,17,20). The molecule has 0 saturated carbocycles. The number of ether oxygens (including phenoxy) is 1. The van der Waals surface area contributed by atoms with E-state index in [1.54, 1.807) is 25.3 Å². The molecule has 1 unspecified atom stereocenters. The van der Waals surface area contributed by atoms with Gasteiger partial charge in [-0.15, -0.1) is 0 Å². The minimum absolute atomic E-state index is 0.113. The van der Waals surface area contributed by atoms with E-state index in [4.69, 9.17) is 33.0 Å². The summed E-state index contributed by atoms with van der Waals surface area (Å²) in [4.78, 5) is 13.7. The highest BCUT2D eigenvalue weighted by Crippen LogP contribution is 2.23. The summed E-state index contributed by atoms with van der Waals surface area (Å²) >= 11 is 11.8. The monoisotopic (exact) mass is 334 g/mol. The first-order valence-electron chi connectivity index (χ1n) is 6.57. The molecule has 2 amide bonds. The quantitative estimate of drug-likeness (QED) is 0.805. The molecule has 0 radical (unpaired) electrons. The molecule has 0 aliphatic carbocycles. The van der Waals surface area contributed by atoms with Gasteiger partial charge in [-0.2, -0.15) is 0 Å². The third kappa shape index (κ3) is 6.09. The van der Waals surface area contributed by atoms with Crippen molar-refractivity contribution in [3.8, 4) is 0 Å². The summed E-state index contributed by atoms with van der Waals surface area (Å²) in [5.74, 6) is 0. The van der Waals surface area contributed by atoms with E-state index in [9.17, 15) is 4.79 Å². The smallest absolute Gasteiger partial charge is 0.318 e. The minimum Gasteiger partial charge on any atom is -0.395 e. The van der Waals surface area contributed by atoms with Crippen molar-refractivity contribution in [2.45, 2.75) is 19.5 Å². The van der Waals surface area contributed by atoms with Crippen molar-refractivity contribution >= 4 is 29.2 Å². The summed E-state index contributed by atoms with van der Waals surface area (Å²) < 4.78 is 4.98. The number of nitrogens with one attached hydrogen (secondary N) is 1. The summed E-state index contributed by atoms with van der Waals surface area (Å²) in [5, 5.41) is 12.8. The molecular formula is C14H20Cl2N2O3. The number of aliphatic hydroxyl groups excluding tert-OH is 1. The van der Waals surface area contributed by atoms with Gasteiger partial charge in [-0.05, 0) is 24.6 Å². The Morgan fingerprint density at radius 1 is 1.43 bits per heavy atom. The Labute approximate surface area is 134 Å². The van der Waals surface area contributed by atoms with Crippen molar-refractivity contribution in [3.63, 3.8) is 0 Å². The molecule has 0 aliphatic heterocycles. The molecule has 0 saturated heterocycles. The average molecular weight is 335 g/mol. The highest BCUT2D eigenvalue weighted by molar-refractivity contribution is 6.42. The maximum atomic E-state index is 12.2. The van der Waals surface area contributed by atoms with E-state index in [0.717, 1.165) is 5.56 Å². The lowest BCUT2D eigenvalue weighted by Gasteiger charge is -2.24. The molecular weight excluding hydrogens is 315 g/mol. The third-order valence-electron chi connectivity index (χ3n) is 2.80. The van der Waals surface area contributed by atoms with Gasteiger partial charge < -0.3 is 20.1 Å². The molecule has 1 aromatic carbocycles. The molecule has 2 N–H and O–H groups in total. The number of benzene rings is 1. The molecule has 0 aromatic heterocycles. The molecule has 0 spiro atoms. The van der Waals surface area contributed by atoms with Gasteiger partial charge in [0.05, 0.1) is 29.3 Å². The average Bonchev–Trinajstić information content (AvgIpc) is 2.42. The van der Waals surface area contributed by atoms with Crippen LogP contribution in [0, 0.1) is 0 Å². The summed E-state index contributed by atoms with van der Waals surface area (Å²) in [6.07, 6.45) is 0. The Balaban J connectivity index is 2.71. The highest BCUT2D eigenvalue weighted by atomic mass is 35.5. The van der Waals surface area contributed by atoms with Gasteiger partial charge in [-0.25, -0.2) is 4.79 Å². The molecule has 0 heterocycles. The molecule has 0 fully saturated rings. The van der Waals surface area contributed by atoms with Crippen molar-refractivity contribution in [1.82, 2.24) is 10.2 Å². The van der Waals surface area contributed by atoms with Gasteiger partial charge in [0.25, 0.3) is 0 Å². The number of aliphatic hydroxyl groups is 1. The molecule has 21 heavy (non-hydrogen) atoms. The van der Waals surface area contributed by atoms with Gasteiger partial charge >= 0.3 is 6.03 Å². The number of rotatable bonds is 7. The lowest BCUT2D eigenvalue weighted by Crippen LogP contribution is -2.45. The molecule has 118 valence electrons. The second-order valence-electron chi connectivity index (χ2n) is 4.70. The van der Waals surface area contributed by atoms with Crippen molar-refractivity contribution in [3.05, 3.63) is 33.8 Å². The number of halogens is 2. The van der Waals surface area contributed by atoms with Gasteiger partial charge in [0.15, 0.2) is 0 Å². The number of carbonyl (C=O) groups excluding carboxylic acids is 1. The Hall–Kier alpha value is -1.01. The minimum atomic E-state index is -0.264. The molecule has 7 heteroatoms. The van der Waals surface area contributed by atoms with Crippen LogP contribution in [0.2, 0.25) is 10.0 Å². The number of nitrogens with zero attached hydrogens (tertiary/aromatic N) is 1. The summed E-state index contributed by atoms with van der Waals surface area (Å²) in [6, 6.07) is 4.81. The number of hydrogen-bond donors (Lipinski definition) is 2. The first kappa shape index (κ1) is 18.0. The topological polar surface area (TPSA) is 61.8 Å². The Kier molecular flexibility index (Phi) is 7.82. The first-order chi connectivity index (χ1) is 9.97. The summed E-state index contributed by atoms with van der Waals surface area (Å²) in [5.41, 5.74) is 0.840. The fraction of sp³-hybridized carbons (Fsp3) is 0.500. The Bertz CT molecular complexity index is 472. The van der Waals surface area contributed by atoms with Gasteiger partial charge in [0.2, 0.25) is 0 Å². The number of amides is 2. The Morgan fingerprint density at radius 2 is 2.14 bits per heavy atom. The molecule has 0 bridgehead atoms. The van der Waals surface area contributed by atoms with E-state index in [-0.39, 0.29) is 25.2 Å². The number of carbonyl (C=O) groups is 1. The van der Waals surface area contributed by atoms with E-state index < -0.39 is 0 Å². The molecule has 0 aliphatic rings. The second-order valence-corrected chi connectivity index (χ2v) is 5.51. The lowest BCUT2D eigenvalue weighted by atomic mass is 10.2. The lowest BCUT2D eigenvalue weighted by molar-refractivity contribution is 0.150. The SMILES string of the molecule is COCC(C)NC(=O)N(CCO)Cc1ccc(Cl)c(Cl)c1. The summed E-state index contributed by atoms with van der Waals surface area (Å²) in [6.45, 7) is 2.71. The van der Waals surface area contributed by atoms with Crippen LogP contribution in [-0.2, 0) is 11.3 Å². The predicted molar refractivity (Wildman–Crippen MR) is 83.8 cm³/mol. The molecule has 1 atom stereocenters. The van der Waals surface area contributed by atoms with Crippen LogP contribution >= 0.6 is 23.2 Å². The van der Waals surface area contributed by atoms with Crippen molar-refractivity contribution < 1.29 is 14.6 Å². The zero-order valence-corrected chi connectivity index (χ0v) is 13.6. The van der Waals surface area contributed by atoms with Gasteiger partial charge in [-0.3, -0.25) is 0 Å². The molecule has 5 nitrogen and oxygen atoms in total. The largest absolute Gasteiger partial charge is 0.395 e. The van der Waals surface area contributed by atoms with E-state index in [1.807, 2.05) is 6.92 Å². The van der Waals surface area contributed by atoms with E-state index >= 15 is 0 Å². The predicted octanol–water partition coefficient (Wildman–Crippen LogP) is 2.53. The normalized spacial score (nSPS) is 12.0. The van der Waals surface area contributed by atoms with Crippen LogP contribution in [0.1, 0.15) is 12.5 Å². The third-order valence-corrected chi connectivity index (χ3v) is 3.54. The van der Waals surface area contributed by atoms with E-state index in [1.165, 1.54) is 4.90 Å².